The van der Waals surface area contributed by atoms with Crippen molar-refractivity contribution in [1.82, 2.24) is 0 Å². The maximum absolute atomic E-state index is 12.7. The van der Waals surface area contributed by atoms with Crippen LogP contribution in [-0.4, -0.2) is 99.1 Å². The minimum Gasteiger partial charge on any atom is -0.465 e. The van der Waals surface area contributed by atoms with E-state index >= 15 is 0 Å². The Labute approximate surface area is 477 Å². The van der Waals surface area contributed by atoms with E-state index in [9.17, 15) is 38.4 Å². The third-order valence-electron chi connectivity index (χ3n) is 26.6. The smallest absolute Gasteiger partial charge is 0.344 e. The van der Waals surface area contributed by atoms with Gasteiger partial charge >= 0.3 is 47.8 Å². The molecule has 3 aliphatic heterocycles. The van der Waals surface area contributed by atoms with Gasteiger partial charge in [0, 0.05) is 17.8 Å². The van der Waals surface area contributed by atoms with Crippen molar-refractivity contribution in [2.24, 2.45) is 164 Å². The first-order valence-corrected chi connectivity index (χ1v) is 31.9. The summed E-state index contributed by atoms with van der Waals surface area (Å²) in [5, 5.41) is 0. The SMILES string of the molecule is CCC(C)(C)C(=O)OC1C(C)C2CC1C1C3CC(C4COC(=O)C43)C21.CCC(C)(C)C(=O)OCC(=O)OC1CC2CC1C1C3CC(C4C(=O)OCC34)C21.CCC(C)(C)C(=O)OCC(=O)OC1CC2CC1C1C3CC(C4COC(=O)C43)C21. The Morgan fingerprint density at radius 1 is 0.407 bits per heavy atom. The first-order chi connectivity index (χ1) is 38.5. The summed E-state index contributed by atoms with van der Waals surface area (Å²) in [7, 11) is 0. The van der Waals surface area contributed by atoms with Crippen LogP contribution >= 0.6 is 0 Å². The Balaban J connectivity index is 0.000000115. The number of esters is 8. The monoisotopic (exact) mass is 1130 g/mol. The van der Waals surface area contributed by atoms with Gasteiger partial charge in [-0.3, -0.25) is 28.8 Å². The fourth-order valence-corrected chi connectivity index (χ4v) is 22.2. The van der Waals surface area contributed by atoms with Crippen molar-refractivity contribution in [3.63, 3.8) is 0 Å². The van der Waals surface area contributed by atoms with E-state index in [2.05, 4.69) is 6.92 Å². The molecule has 81 heavy (non-hydrogen) atoms. The molecule has 12 aliphatic carbocycles. The van der Waals surface area contributed by atoms with Crippen molar-refractivity contribution in [2.75, 3.05) is 33.0 Å². The number of carbonyl (C=O) groups excluding carboxylic acids is 8. The summed E-state index contributed by atoms with van der Waals surface area (Å²) in [5.41, 5.74) is -1.58. The molecule has 15 fully saturated rings. The van der Waals surface area contributed by atoms with Crippen LogP contribution in [0.2, 0.25) is 0 Å². The zero-order valence-electron chi connectivity index (χ0n) is 49.5. The molecular weight excluding hydrogens is 1040 g/mol. The van der Waals surface area contributed by atoms with Crippen molar-refractivity contribution in [2.45, 2.75) is 158 Å². The largest absolute Gasteiger partial charge is 0.465 e. The second kappa shape index (κ2) is 19.9. The molecule has 0 N–H and O–H groups in total. The molecule has 0 aromatic carbocycles. The lowest BCUT2D eigenvalue weighted by atomic mass is 9.61. The highest BCUT2D eigenvalue weighted by molar-refractivity contribution is 5.81. The number of carbonyl (C=O) groups is 8. The summed E-state index contributed by atoms with van der Waals surface area (Å²) in [5.74, 6) is 10.5. The van der Waals surface area contributed by atoms with Crippen LogP contribution in [0.15, 0.2) is 0 Å². The van der Waals surface area contributed by atoms with Crippen LogP contribution in [0.5, 0.6) is 0 Å². The molecule has 0 amide bonds. The van der Waals surface area contributed by atoms with Gasteiger partial charge in [0.15, 0.2) is 13.2 Å². The highest BCUT2D eigenvalue weighted by Crippen LogP contribution is 2.75. The maximum Gasteiger partial charge on any atom is 0.344 e. The molecule has 12 saturated carbocycles. The zero-order valence-corrected chi connectivity index (χ0v) is 49.5. The van der Waals surface area contributed by atoms with Gasteiger partial charge in [-0.15, -0.1) is 0 Å². The zero-order chi connectivity index (χ0) is 57.3. The number of cyclic esters (lactones) is 3. The summed E-state index contributed by atoms with van der Waals surface area (Å²) >= 11 is 0. The van der Waals surface area contributed by atoms with Crippen molar-refractivity contribution < 1.29 is 76.3 Å². The Morgan fingerprint density at radius 2 is 0.753 bits per heavy atom. The molecular formula is C65H90O16. The van der Waals surface area contributed by atoms with Crippen molar-refractivity contribution in [1.29, 1.82) is 0 Å². The lowest BCUT2D eigenvalue weighted by molar-refractivity contribution is -0.170. The van der Waals surface area contributed by atoms with Crippen LogP contribution in [-0.2, 0) is 76.3 Å². The molecule has 3 saturated heterocycles. The van der Waals surface area contributed by atoms with E-state index in [-0.39, 0.29) is 85.1 Å². The first-order valence-electron chi connectivity index (χ1n) is 31.9. The standard InChI is InChI=1S/2C22H30O6.C21H30O4/c1-4-22(2,3)21(25)27-9-16(23)28-15-6-10-5-12(15)18-11-7-13(17(10)18)19-14(11)8-26-20(19)24;1-4-22(2,3)21(25)27-9-16(23)28-15-6-10-5-12(15)18-13-7-11(17(10)18)14-8-26-20(24)19(13)14;1-5-21(3,4)20(23)25-18-9(2)10-6-13(18)16-12-7-11(15(10)16)14-8-24-19(22)17(12)14/h2*10-15,17-19H,4-9H2,1-3H3;9-18H,5-8H2,1-4H3. The second-order valence-corrected chi connectivity index (χ2v) is 30.6. The molecule has 16 heteroatoms. The van der Waals surface area contributed by atoms with Crippen molar-refractivity contribution in [3.8, 4) is 0 Å². The Kier molecular flexibility index (Phi) is 13.8. The molecule has 0 spiro atoms. The van der Waals surface area contributed by atoms with Crippen LogP contribution < -0.4 is 0 Å². The molecule has 28 unspecified atom stereocenters. The molecule has 0 aromatic rings. The van der Waals surface area contributed by atoms with Crippen LogP contribution in [0.25, 0.3) is 0 Å². The topological polar surface area (TPSA) is 210 Å². The van der Waals surface area contributed by atoms with Crippen LogP contribution in [0.1, 0.15) is 140 Å². The predicted molar refractivity (Wildman–Crippen MR) is 287 cm³/mol. The Hall–Kier alpha value is -4.24. The van der Waals surface area contributed by atoms with E-state index in [1.165, 1.54) is 12.8 Å². The van der Waals surface area contributed by atoms with Gasteiger partial charge in [0.2, 0.25) is 0 Å². The van der Waals surface area contributed by atoms with Gasteiger partial charge in [0.05, 0.1) is 53.8 Å². The van der Waals surface area contributed by atoms with E-state index in [0.29, 0.717) is 157 Å². The van der Waals surface area contributed by atoms with Gasteiger partial charge in [-0.05, 0) is 225 Å². The van der Waals surface area contributed by atoms with E-state index in [1.54, 1.807) is 0 Å². The van der Waals surface area contributed by atoms with Crippen LogP contribution in [0.4, 0.5) is 0 Å². The number of hydrogen-bond donors (Lipinski definition) is 0. The predicted octanol–water partition coefficient (Wildman–Crippen LogP) is 8.47. The molecule has 15 aliphatic rings. The van der Waals surface area contributed by atoms with Gasteiger partial charge < -0.3 is 37.9 Å². The summed E-state index contributed by atoms with van der Waals surface area (Å²) in [6.45, 7) is 20.6. The van der Waals surface area contributed by atoms with Crippen LogP contribution in [0, 0.1) is 164 Å². The average molecular weight is 1130 g/mol. The molecule has 16 nitrogen and oxygen atoms in total. The summed E-state index contributed by atoms with van der Waals surface area (Å²) in [6.07, 6.45) is 10.7. The summed E-state index contributed by atoms with van der Waals surface area (Å²) < 4.78 is 44.2. The summed E-state index contributed by atoms with van der Waals surface area (Å²) in [6, 6.07) is 0. The first kappa shape index (κ1) is 55.9. The third kappa shape index (κ3) is 8.53. The fraction of sp³-hybridized carbons (Fsp3) is 0.877. The number of rotatable bonds is 13. The van der Waals surface area contributed by atoms with Gasteiger partial charge in [0.25, 0.3) is 0 Å². The van der Waals surface area contributed by atoms with Gasteiger partial charge in [-0.2, -0.15) is 0 Å². The Morgan fingerprint density at radius 3 is 1.19 bits per heavy atom. The van der Waals surface area contributed by atoms with Gasteiger partial charge in [-0.25, -0.2) is 9.59 Å². The molecule has 446 valence electrons. The Bertz CT molecular complexity index is 2600. The van der Waals surface area contributed by atoms with E-state index in [0.717, 1.165) is 50.9 Å². The molecule has 3 heterocycles. The van der Waals surface area contributed by atoms with Crippen molar-refractivity contribution >= 4 is 47.8 Å². The van der Waals surface area contributed by atoms with Crippen LogP contribution in [0.3, 0.4) is 0 Å². The second-order valence-electron chi connectivity index (χ2n) is 30.6. The van der Waals surface area contributed by atoms with Crippen molar-refractivity contribution in [3.05, 3.63) is 0 Å². The lowest BCUT2D eigenvalue weighted by Crippen LogP contribution is -2.47. The number of hydrogen-bond acceptors (Lipinski definition) is 16. The van der Waals surface area contributed by atoms with Gasteiger partial charge in [0.1, 0.15) is 18.3 Å². The molecule has 28 atom stereocenters. The number of ether oxygens (including phenoxy) is 8. The molecule has 0 radical (unpaired) electrons. The minimum atomic E-state index is -0.588. The van der Waals surface area contributed by atoms with E-state index < -0.39 is 28.2 Å². The normalized spacial score (nSPS) is 47.2. The molecule has 12 bridgehead atoms. The fourth-order valence-electron chi connectivity index (χ4n) is 22.2. The number of fused-ring (bicyclic) bond motifs is 36. The lowest BCUT2D eigenvalue weighted by Gasteiger charge is -2.44. The highest BCUT2D eigenvalue weighted by Gasteiger charge is 2.74. The van der Waals surface area contributed by atoms with E-state index in [4.69, 9.17) is 37.9 Å². The third-order valence-corrected chi connectivity index (χ3v) is 26.6. The maximum atomic E-state index is 12.7. The molecule has 0 aromatic heterocycles. The average Bonchev–Trinajstić information content (AvgIpc) is 3.05. The van der Waals surface area contributed by atoms with E-state index in [1.807, 2.05) is 62.3 Å². The quantitative estimate of drug-likeness (QED) is 0.0962. The minimum absolute atomic E-state index is 0.00211. The van der Waals surface area contributed by atoms with Gasteiger partial charge in [-0.1, -0.05) is 27.7 Å². The molecule has 15 rings (SSSR count). The summed E-state index contributed by atoms with van der Waals surface area (Å²) in [4.78, 5) is 98.0. The highest BCUT2D eigenvalue weighted by atomic mass is 16.6.